The van der Waals surface area contributed by atoms with Crippen LogP contribution in [0.1, 0.15) is 35.2 Å². The molecule has 0 saturated carbocycles. The molecule has 0 radical (unpaired) electrons. The second-order valence-corrected chi connectivity index (χ2v) is 5.44. The zero-order valence-corrected chi connectivity index (χ0v) is 11.6. The molecule has 3 heterocycles. The van der Waals surface area contributed by atoms with E-state index in [1.165, 1.54) is 6.42 Å². The molecule has 1 saturated heterocycles. The van der Waals surface area contributed by atoms with Gasteiger partial charge in [0.15, 0.2) is 0 Å². The van der Waals surface area contributed by atoms with Gasteiger partial charge in [-0.1, -0.05) is 6.07 Å². The summed E-state index contributed by atoms with van der Waals surface area (Å²) in [6, 6.07) is 6.24. The summed E-state index contributed by atoms with van der Waals surface area (Å²) in [6.45, 7) is 7.24. The maximum absolute atomic E-state index is 4.57. The number of nitrogens with one attached hydrogen (secondary N) is 1. The predicted molar refractivity (Wildman–Crippen MR) is 74.9 cm³/mol. The lowest BCUT2D eigenvalue weighted by Crippen LogP contribution is -2.20. The molecule has 2 aromatic heterocycles. The lowest BCUT2D eigenvalue weighted by atomic mass is 10.1. The molecule has 4 heteroatoms. The molecule has 1 fully saturated rings. The fourth-order valence-corrected chi connectivity index (χ4v) is 2.76. The Bertz CT molecular complexity index is 561. The molecule has 1 aliphatic rings. The van der Waals surface area contributed by atoms with Gasteiger partial charge in [-0.15, -0.1) is 0 Å². The summed E-state index contributed by atoms with van der Waals surface area (Å²) in [7, 11) is 0. The van der Waals surface area contributed by atoms with Crippen LogP contribution in [0.2, 0.25) is 0 Å². The Morgan fingerprint density at radius 3 is 3.00 bits per heavy atom. The third-order valence-electron chi connectivity index (χ3n) is 3.71. The Morgan fingerprint density at radius 1 is 1.37 bits per heavy atom. The summed E-state index contributed by atoms with van der Waals surface area (Å²) in [5.74, 6) is 1.68. The topological polar surface area (TPSA) is 44.8 Å². The average Bonchev–Trinajstić information content (AvgIpc) is 2.98. The quantitative estimate of drug-likeness (QED) is 0.917. The van der Waals surface area contributed by atoms with Crippen molar-refractivity contribution in [1.82, 2.24) is 19.9 Å². The molecule has 0 amide bonds. The number of imidazole rings is 1. The Balaban J connectivity index is 1.63. The van der Waals surface area contributed by atoms with Gasteiger partial charge in [-0.25, -0.2) is 4.98 Å². The summed E-state index contributed by atoms with van der Waals surface area (Å²) in [5, 5.41) is 0. The summed E-state index contributed by atoms with van der Waals surface area (Å²) < 4.78 is 0. The molecule has 4 nitrogen and oxygen atoms in total. The summed E-state index contributed by atoms with van der Waals surface area (Å²) >= 11 is 0. The number of hydrogen-bond acceptors (Lipinski definition) is 3. The molecule has 19 heavy (non-hydrogen) atoms. The first-order valence-electron chi connectivity index (χ1n) is 6.87. The number of rotatable bonds is 3. The first kappa shape index (κ1) is 12.4. The Hall–Kier alpha value is -1.68. The van der Waals surface area contributed by atoms with Crippen LogP contribution in [0.15, 0.2) is 24.4 Å². The highest BCUT2D eigenvalue weighted by Crippen LogP contribution is 2.25. The number of H-pyrrole nitrogens is 1. The van der Waals surface area contributed by atoms with E-state index in [9.17, 15) is 0 Å². The minimum atomic E-state index is 0.540. The molecule has 1 atom stereocenters. The van der Waals surface area contributed by atoms with Crippen LogP contribution in [-0.4, -0.2) is 32.9 Å². The van der Waals surface area contributed by atoms with E-state index in [1.807, 2.05) is 19.2 Å². The van der Waals surface area contributed by atoms with Crippen molar-refractivity contribution in [3.8, 4) is 0 Å². The van der Waals surface area contributed by atoms with Crippen molar-refractivity contribution in [3.05, 3.63) is 47.3 Å². The molecule has 0 spiro atoms. The molecule has 1 N–H and O–H groups in total. The first-order valence-corrected chi connectivity index (χ1v) is 6.87. The standard InChI is InChI=1S/C15H20N4/c1-11-4-3-5-14(17-11)10-19-7-6-13(9-19)15-16-8-12(2)18-15/h3-5,8,13H,6-7,9-10H2,1-2H3,(H,16,18). The third kappa shape index (κ3) is 2.84. The fraction of sp³-hybridized carbons (Fsp3) is 0.467. The summed E-state index contributed by atoms with van der Waals surface area (Å²) in [4.78, 5) is 14.8. The highest BCUT2D eigenvalue weighted by Gasteiger charge is 2.25. The highest BCUT2D eigenvalue weighted by atomic mass is 15.2. The van der Waals surface area contributed by atoms with Gasteiger partial charge >= 0.3 is 0 Å². The SMILES string of the molecule is Cc1cccc(CN2CCC(c3ncc(C)[nH]3)C2)n1. The van der Waals surface area contributed by atoms with E-state index in [0.29, 0.717) is 5.92 Å². The van der Waals surface area contributed by atoms with E-state index in [-0.39, 0.29) is 0 Å². The van der Waals surface area contributed by atoms with Crippen LogP contribution in [-0.2, 0) is 6.54 Å². The van der Waals surface area contributed by atoms with Crippen LogP contribution in [0, 0.1) is 13.8 Å². The van der Waals surface area contributed by atoms with E-state index in [0.717, 1.165) is 42.5 Å². The molecular weight excluding hydrogens is 236 g/mol. The van der Waals surface area contributed by atoms with Crippen LogP contribution in [0.25, 0.3) is 0 Å². The van der Waals surface area contributed by atoms with Crippen molar-refractivity contribution in [3.63, 3.8) is 0 Å². The van der Waals surface area contributed by atoms with Crippen LogP contribution in [0.4, 0.5) is 0 Å². The lowest BCUT2D eigenvalue weighted by molar-refractivity contribution is 0.321. The van der Waals surface area contributed by atoms with Gasteiger partial charge in [-0.2, -0.15) is 0 Å². The van der Waals surface area contributed by atoms with E-state index in [4.69, 9.17) is 0 Å². The van der Waals surface area contributed by atoms with Gasteiger partial charge in [0.25, 0.3) is 0 Å². The zero-order chi connectivity index (χ0) is 13.2. The van der Waals surface area contributed by atoms with Crippen molar-refractivity contribution >= 4 is 0 Å². The van der Waals surface area contributed by atoms with Gasteiger partial charge in [-0.3, -0.25) is 9.88 Å². The van der Waals surface area contributed by atoms with Crippen LogP contribution < -0.4 is 0 Å². The normalized spacial score (nSPS) is 20.0. The van der Waals surface area contributed by atoms with Crippen LogP contribution in [0.5, 0.6) is 0 Å². The van der Waals surface area contributed by atoms with Crippen molar-refractivity contribution in [2.75, 3.05) is 13.1 Å². The maximum Gasteiger partial charge on any atom is 0.110 e. The lowest BCUT2D eigenvalue weighted by Gasteiger charge is -2.15. The van der Waals surface area contributed by atoms with Crippen molar-refractivity contribution in [2.24, 2.45) is 0 Å². The van der Waals surface area contributed by atoms with Crippen LogP contribution >= 0.6 is 0 Å². The van der Waals surface area contributed by atoms with Gasteiger partial charge in [0.1, 0.15) is 5.82 Å². The first-order chi connectivity index (χ1) is 9.20. The van der Waals surface area contributed by atoms with Gasteiger partial charge in [-0.05, 0) is 38.9 Å². The summed E-state index contributed by atoms with van der Waals surface area (Å²) in [6.07, 6.45) is 3.10. The van der Waals surface area contributed by atoms with Crippen molar-refractivity contribution in [1.29, 1.82) is 0 Å². The molecule has 1 aliphatic heterocycles. The maximum atomic E-state index is 4.57. The number of nitrogens with zero attached hydrogens (tertiary/aromatic N) is 3. The number of hydrogen-bond donors (Lipinski definition) is 1. The third-order valence-corrected chi connectivity index (χ3v) is 3.71. The number of pyridine rings is 1. The summed E-state index contributed by atoms with van der Waals surface area (Å²) in [5.41, 5.74) is 3.40. The van der Waals surface area contributed by atoms with Gasteiger partial charge in [0.05, 0.1) is 5.69 Å². The van der Waals surface area contributed by atoms with E-state index in [2.05, 4.69) is 38.9 Å². The highest BCUT2D eigenvalue weighted by molar-refractivity contribution is 5.11. The van der Waals surface area contributed by atoms with Gasteiger partial charge < -0.3 is 4.98 Å². The van der Waals surface area contributed by atoms with Crippen molar-refractivity contribution < 1.29 is 0 Å². The van der Waals surface area contributed by atoms with Crippen LogP contribution in [0.3, 0.4) is 0 Å². The van der Waals surface area contributed by atoms with Gasteiger partial charge in [0, 0.05) is 36.6 Å². The number of aromatic nitrogens is 3. The Kier molecular flexibility index (Phi) is 3.34. The Morgan fingerprint density at radius 2 is 2.26 bits per heavy atom. The largest absolute Gasteiger partial charge is 0.346 e. The number of likely N-dealkylation sites (tertiary alicyclic amines) is 1. The molecule has 2 aromatic rings. The Labute approximate surface area is 113 Å². The van der Waals surface area contributed by atoms with E-state index in [1.54, 1.807) is 0 Å². The van der Waals surface area contributed by atoms with Gasteiger partial charge in [0.2, 0.25) is 0 Å². The predicted octanol–water partition coefficient (Wildman–Crippen LogP) is 2.41. The molecule has 0 aromatic carbocycles. The monoisotopic (exact) mass is 256 g/mol. The second-order valence-electron chi connectivity index (χ2n) is 5.44. The number of aromatic amines is 1. The smallest absolute Gasteiger partial charge is 0.110 e. The van der Waals surface area contributed by atoms with E-state index < -0.39 is 0 Å². The minimum absolute atomic E-state index is 0.540. The molecule has 3 rings (SSSR count). The molecule has 1 unspecified atom stereocenters. The zero-order valence-electron chi connectivity index (χ0n) is 11.6. The minimum Gasteiger partial charge on any atom is -0.346 e. The van der Waals surface area contributed by atoms with Crippen molar-refractivity contribution in [2.45, 2.75) is 32.7 Å². The second kappa shape index (κ2) is 5.13. The molecule has 0 bridgehead atoms. The molecule has 0 aliphatic carbocycles. The fourth-order valence-electron chi connectivity index (χ4n) is 2.76. The number of aryl methyl sites for hydroxylation is 2. The average molecular weight is 256 g/mol. The van der Waals surface area contributed by atoms with E-state index >= 15 is 0 Å². The molecular formula is C15H20N4. The molecule has 100 valence electrons.